The topological polar surface area (TPSA) is 76.7 Å². The molecule has 20 heavy (non-hydrogen) atoms. The van der Waals surface area contributed by atoms with E-state index < -0.39 is 0 Å². The van der Waals surface area contributed by atoms with Crippen LogP contribution in [-0.2, 0) is 0 Å². The average Bonchev–Trinajstić information content (AvgIpc) is 2.81. The van der Waals surface area contributed by atoms with Gasteiger partial charge in [0.15, 0.2) is 0 Å². The van der Waals surface area contributed by atoms with E-state index in [0.29, 0.717) is 16.0 Å². The lowest BCUT2D eigenvalue weighted by Gasteiger charge is -2.05. The van der Waals surface area contributed by atoms with Gasteiger partial charge in [-0.2, -0.15) is 0 Å². The lowest BCUT2D eigenvalue weighted by atomic mass is 10.4. The third-order valence-corrected chi connectivity index (χ3v) is 4.91. The first-order valence-electron chi connectivity index (χ1n) is 5.70. The zero-order valence-electron chi connectivity index (χ0n) is 10.4. The molecule has 0 amide bonds. The van der Waals surface area contributed by atoms with Gasteiger partial charge in [0.1, 0.15) is 14.9 Å². The minimum absolute atomic E-state index is 0.383. The first-order chi connectivity index (χ1) is 9.67. The molecule has 5 nitrogen and oxygen atoms in total. The molecule has 8 heteroatoms. The van der Waals surface area contributed by atoms with Crippen molar-refractivity contribution in [3.63, 3.8) is 0 Å². The molecular formula is C12H10ClN5S2. The van der Waals surface area contributed by atoms with Gasteiger partial charge in [-0.1, -0.05) is 11.6 Å². The van der Waals surface area contributed by atoms with Gasteiger partial charge in [0.2, 0.25) is 5.95 Å². The Labute approximate surface area is 128 Å². The second-order valence-electron chi connectivity index (χ2n) is 3.97. The van der Waals surface area contributed by atoms with E-state index in [2.05, 4.69) is 26.4 Å². The molecule has 3 rings (SSSR count). The molecule has 3 heterocycles. The van der Waals surface area contributed by atoms with Crippen molar-refractivity contribution in [1.29, 1.82) is 0 Å². The van der Waals surface area contributed by atoms with Crippen LogP contribution in [-0.4, -0.2) is 15.0 Å². The van der Waals surface area contributed by atoms with Crippen molar-refractivity contribution >= 4 is 50.9 Å². The molecule has 0 saturated carbocycles. The van der Waals surface area contributed by atoms with Crippen molar-refractivity contribution in [3.05, 3.63) is 34.3 Å². The van der Waals surface area contributed by atoms with E-state index in [0.717, 1.165) is 20.1 Å². The Bertz CT molecular complexity index is 774. The number of nitrogens with two attached hydrogens (primary N) is 1. The number of rotatable bonds is 3. The van der Waals surface area contributed by atoms with Gasteiger partial charge in [-0.05, 0) is 36.9 Å². The number of hydrogen-bond donors (Lipinski definition) is 2. The minimum Gasteiger partial charge on any atom is -0.292 e. The summed E-state index contributed by atoms with van der Waals surface area (Å²) in [7, 11) is 0. The molecule has 0 aliphatic rings. The number of anilines is 1. The SMILES string of the molecule is Cc1cc2c(Sc3ncccc3Cl)nc(NN)nc2s1. The molecule has 0 radical (unpaired) electrons. The highest BCUT2D eigenvalue weighted by Crippen LogP contribution is 2.37. The van der Waals surface area contributed by atoms with E-state index >= 15 is 0 Å². The number of nitrogen functional groups attached to an aromatic ring is 1. The average molecular weight is 324 g/mol. The Morgan fingerprint density at radius 3 is 2.95 bits per heavy atom. The quantitative estimate of drug-likeness (QED) is 0.436. The fourth-order valence-corrected chi connectivity index (χ4v) is 3.74. The van der Waals surface area contributed by atoms with Crippen molar-refractivity contribution < 1.29 is 0 Å². The third-order valence-electron chi connectivity index (χ3n) is 2.53. The van der Waals surface area contributed by atoms with Crippen LogP contribution in [0, 0.1) is 6.92 Å². The van der Waals surface area contributed by atoms with Crippen LogP contribution in [0.3, 0.4) is 0 Å². The molecule has 3 aromatic rings. The van der Waals surface area contributed by atoms with Crippen LogP contribution in [0.5, 0.6) is 0 Å². The summed E-state index contributed by atoms with van der Waals surface area (Å²) < 4.78 is 0. The predicted octanol–water partition coefficient (Wildman–Crippen LogP) is 3.48. The molecule has 0 atom stereocenters. The highest BCUT2D eigenvalue weighted by atomic mass is 35.5. The van der Waals surface area contributed by atoms with Gasteiger partial charge in [-0.15, -0.1) is 11.3 Å². The molecule has 0 aliphatic heterocycles. The Morgan fingerprint density at radius 1 is 1.35 bits per heavy atom. The van der Waals surface area contributed by atoms with Gasteiger partial charge in [-0.3, -0.25) is 5.43 Å². The highest BCUT2D eigenvalue weighted by Gasteiger charge is 2.13. The number of hydrogen-bond acceptors (Lipinski definition) is 7. The van der Waals surface area contributed by atoms with E-state index in [4.69, 9.17) is 17.4 Å². The molecule has 0 bridgehead atoms. The van der Waals surface area contributed by atoms with Gasteiger partial charge in [0.25, 0.3) is 0 Å². The largest absolute Gasteiger partial charge is 0.292 e. The van der Waals surface area contributed by atoms with Crippen LogP contribution in [0.15, 0.2) is 34.4 Å². The number of fused-ring (bicyclic) bond motifs is 1. The summed E-state index contributed by atoms with van der Waals surface area (Å²) in [6, 6.07) is 5.65. The predicted molar refractivity (Wildman–Crippen MR) is 83.3 cm³/mol. The molecule has 0 fully saturated rings. The van der Waals surface area contributed by atoms with Gasteiger partial charge >= 0.3 is 0 Å². The fourth-order valence-electron chi connectivity index (χ4n) is 1.70. The maximum Gasteiger partial charge on any atom is 0.239 e. The lowest BCUT2D eigenvalue weighted by Crippen LogP contribution is -2.10. The Balaban J connectivity index is 2.12. The van der Waals surface area contributed by atoms with Crippen molar-refractivity contribution in [3.8, 4) is 0 Å². The van der Waals surface area contributed by atoms with E-state index in [-0.39, 0.29) is 0 Å². The van der Waals surface area contributed by atoms with E-state index in [9.17, 15) is 0 Å². The van der Waals surface area contributed by atoms with Gasteiger partial charge in [0.05, 0.1) is 5.02 Å². The molecule has 0 aliphatic carbocycles. The molecule has 0 aromatic carbocycles. The molecule has 0 spiro atoms. The number of nitrogens with zero attached hydrogens (tertiary/aromatic N) is 3. The molecule has 0 unspecified atom stereocenters. The summed E-state index contributed by atoms with van der Waals surface area (Å²) in [4.78, 5) is 15.1. The van der Waals surface area contributed by atoms with Crippen molar-refractivity contribution in [2.75, 3.05) is 5.43 Å². The van der Waals surface area contributed by atoms with Crippen molar-refractivity contribution in [1.82, 2.24) is 15.0 Å². The van der Waals surface area contributed by atoms with Crippen LogP contribution >= 0.6 is 34.7 Å². The van der Waals surface area contributed by atoms with E-state index in [1.54, 1.807) is 29.7 Å². The number of aryl methyl sites for hydroxylation is 1. The summed E-state index contributed by atoms with van der Waals surface area (Å²) in [5.74, 6) is 5.80. The standard InChI is InChI=1S/C12H10ClN5S2/c1-6-5-7-9(19-6)16-12(18-14)17-10(7)20-11-8(13)3-2-4-15-11/h2-5H,14H2,1H3,(H,16,17,18). The number of aromatic nitrogens is 3. The van der Waals surface area contributed by atoms with Crippen molar-refractivity contribution in [2.24, 2.45) is 5.84 Å². The monoisotopic (exact) mass is 323 g/mol. The van der Waals surface area contributed by atoms with E-state index in [1.165, 1.54) is 11.8 Å². The Kier molecular flexibility index (Phi) is 3.75. The Hall–Kier alpha value is -1.41. The number of pyridine rings is 1. The first-order valence-corrected chi connectivity index (χ1v) is 7.71. The molecular weight excluding hydrogens is 314 g/mol. The third kappa shape index (κ3) is 2.57. The molecule has 0 saturated heterocycles. The van der Waals surface area contributed by atoms with Gasteiger partial charge in [-0.25, -0.2) is 20.8 Å². The fraction of sp³-hybridized carbons (Fsp3) is 0.0833. The molecule has 102 valence electrons. The molecule has 3 aromatic heterocycles. The zero-order chi connectivity index (χ0) is 14.1. The minimum atomic E-state index is 0.383. The zero-order valence-corrected chi connectivity index (χ0v) is 12.8. The number of thiophene rings is 1. The number of hydrazine groups is 1. The smallest absolute Gasteiger partial charge is 0.239 e. The second-order valence-corrected chi connectivity index (χ2v) is 6.58. The van der Waals surface area contributed by atoms with Crippen LogP contribution in [0.2, 0.25) is 5.02 Å². The summed E-state index contributed by atoms with van der Waals surface area (Å²) in [6.07, 6.45) is 1.70. The number of halogens is 1. The lowest BCUT2D eigenvalue weighted by molar-refractivity contribution is 1.06. The maximum absolute atomic E-state index is 6.14. The van der Waals surface area contributed by atoms with Crippen LogP contribution in [0.25, 0.3) is 10.2 Å². The van der Waals surface area contributed by atoms with Crippen LogP contribution < -0.4 is 11.3 Å². The number of nitrogens with one attached hydrogen (secondary N) is 1. The Morgan fingerprint density at radius 2 is 2.20 bits per heavy atom. The summed E-state index contributed by atoms with van der Waals surface area (Å²) >= 11 is 9.14. The maximum atomic E-state index is 6.14. The van der Waals surface area contributed by atoms with Gasteiger partial charge in [0, 0.05) is 16.5 Å². The summed E-state index contributed by atoms with van der Waals surface area (Å²) in [5.41, 5.74) is 2.49. The normalized spacial score (nSPS) is 10.9. The van der Waals surface area contributed by atoms with E-state index in [1.807, 2.05) is 6.92 Å². The van der Waals surface area contributed by atoms with Crippen molar-refractivity contribution in [2.45, 2.75) is 17.0 Å². The summed E-state index contributed by atoms with van der Waals surface area (Å²) in [6.45, 7) is 2.03. The van der Waals surface area contributed by atoms with Gasteiger partial charge < -0.3 is 0 Å². The second kappa shape index (κ2) is 5.53. The van der Waals surface area contributed by atoms with Crippen LogP contribution in [0.4, 0.5) is 5.95 Å². The highest BCUT2D eigenvalue weighted by molar-refractivity contribution is 7.99. The van der Waals surface area contributed by atoms with Crippen LogP contribution in [0.1, 0.15) is 4.88 Å². The molecule has 3 N–H and O–H groups in total. The first kappa shape index (κ1) is 13.6. The summed E-state index contributed by atoms with van der Waals surface area (Å²) in [5, 5.41) is 3.07.